The van der Waals surface area contributed by atoms with Crippen molar-refractivity contribution in [3.05, 3.63) is 29.8 Å². The minimum absolute atomic E-state index is 0.137. The van der Waals surface area contributed by atoms with E-state index in [0.717, 1.165) is 0 Å². The average molecular weight is 448 g/mol. The van der Waals surface area contributed by atoms with Gasteiger partial charge in [0.2, 0.25) is 0 Å². The number of halogens is 5. The summed E-state index contributed by atoms with van der Waals surface area (Å²) in [4.78, 5) is 11.5. The van der Waals surface area contributed by atoms with Crippen molar-refractivity contribution in [2.24, 2.45) is 0 Å². The molecule has 0 saturated carbocycles. The van der Waals surface area contributed by atoms with E-state index >= 15 is 0 Å². The summed E-state index contributed by atoms with van der Waals surface area (Å²) >= 11 is 0. The normalized spacial score (nSPS) is 15.9. The molecule has 0 aliphatic carbocycles. The van der Waals surface area contributed by atoms with Crippen LogP contribution < -0.4 is 3.51 Å². The van der Waals surface area contributed by atoms with Gasteiger partial charge in [0.05, 0.1) is 0 Å². The molecule has 2 nitrogen and oxygen atoms in total. The van der Waals surface area contributed by atoms with Crippen molar-refractivity contribution in [2.45, 2.75) is 6.92 Å². The van der Waals surface area contributed by atoms with Crippen LogP contribution in [0.4, 0.5) is 0 Å². The van der Waals surface area contributed by atoms with E-state index in [9.17, 15) is 4.79 Å². The van der Waals surface area contributed by atoms with Crippen LogP contribution in [0.2, 0.25) is 0 Å². The average Bonchev–Trinajstić information content (AvgIpc) is 2.15. The molecule has 1 aromatic carbocycles. The Labute approximate surface area is 116 Å². The molecule has 0 aliphatic rings. The second-order valence-corrected chi connectivity index (χ2v) is 50.8. The number of hydrogen-bond acceptors (Lipinski definition) is 2. The quantitative estimate of drug-likeness (QED) is 0.514. The van der Waals surface area contributed by atoms with Crippen molar-refractivity contribution in [3.8, 4) is 0 Å². The summed E-state index contributed by atoms with van der Waals surface area (Å²) in [7, 11) is 23.8. The van der Waals surface area contributed by atoms with Gasteiger partial charge in [-0.2, -0.15) is 0 Å². The summed E-state index contributed by atoms with van der Waals surface area (Å²) in [5.74, 6) is -0.520. The molecule has 0 saturated heterocycles. The standard InChI is InChI=1S/C9H9O2.5ClH.Sb/c1-2-11-9(10)8-6-4-3-5-7-8;;;;;;/h3-4,6-7H,2H2,1H3;5*1H;/q;;;;;;+4/p-5. The number of benzene rings is 1. The first-order valence-electron chi connectivity index (χ1n) is 4.54. The van der Waals surface area contributed by atoms with Gasteiger partial charge in [-0.1, -0.05) is 0 Å². The van der Waals surface area contributed by atoms with E-state index in [0.29, 0.717) is 0 Å². The van der Waals surface area contributed by atoms with Crippen molar-refractivity contribution in [2.75, 3.05) is 6.61 Å². The van der Waals surface area contributed by atoms with Crippen LogP contribution in [0.3, 0.4) is 0 Å². The van der Waals surface area contributed by atoms with Gasteiger partial charge in [-0.15, -0.1) is 0 Å². The second-order valence-electron chi connectivity index (χ2n) is 3.33. The minimum atomic E-state index is -5.82. The predicted octanol–water partition coefficient (Wildman–Crippen LogP) is 4.10. The van der Waals surface area contributed by atoms with Gasteiger partial charge in [-0.3, -0.25) is 0 Å². The number of esters is 1. The topological polar surface area (TPSA) is 26.3 Å². The Balaban J connectivity index is 3.25. The van der Waals surface area contributed by atoms with Gasteiger partial charge in [-0.05, 0) is 0 Å². The van der Waals surface area contributed by atoms with Crippen LogP contribution in [-0.4, -0.2) is 22.9 Å². The van der Waals surface area contributed by atoms with Crippen LogP contribution in [0.1, 0.15) is 17.3 Å². The van der Waals surface area contributed by atoms with Crippen molar-refractivity contribution in [1.82, 2.24) is 0 Å². The van der Waals surface area contributed by atoms with E-state index in [1.165, 1.54) is 24.3 Å². The van der Waals surface area contributed by atoms with Crippen LogP contribution in [0.5, 0.6) is 0 Å². The van der Waals surface area contributed by atoms with E-state index in [1.54, 1.807) is 6.92 Å². The number of hydrogen-bond donors (Lipinski definition) is 0. The van der Waals surface area contributed by atoms with E-state index in [-0.39, 0.29) is 15.7 Å². The maximum atomic E-state index is 11.5. The molecule has 1 aromatic rings. The first-order valence-corrected chi connectivity index (χ1v) is 22.0. The fourth-order valence-corrected chi connectivity index (χ4v) is 6.78. The SMILES string of the molecule is CCOC(=O)c1ccc[c]([Sb-]([Cl])([Cl])([Cl])([Cl])[Cl])c1. The third-order valence-electron chi connectivity index (χ3n) is 1.85. The molecule has 0 amide bonds. The van der Waals surface area contributed by atoms with Gasteiger partial charge in [0, 0.05) is 0 Å². The number of carbonyl (C=O) groups is 1. The van der Waals surface area contributed by atoms with Gasteiger partial charge in [0.25, 0.3) is 0 Å². The molecule has 0 aromatic heterocycles. The van der Waals surface area contributed by atoms with E-state index < -0.39 is 16.3 Å². The molecule has 0 spiro atoms. The Hall–Kier alpha value is 0.958. The van der Waals surface area contributed by atoms with Gasteiger partial charge < -0.3 is 0 Å². The fraction of sp³-hybridized carbons (Fsp3) is 0.222. The van der Waals surface area contributed by atoms with Crippen LogP contribution in [0.25, 0.3) is 0 Å². The molecule has 0 bridgehead atoms. The van der Waals surface area contributed by atoms with Crippen molar-refractivity contribution in [3.63, 3.8) is 0 Å². The Kier molecular flexibility index (Phi) is 4.24. The monoisotopic (exact) mass is 445 g/mol. The third-order valence-corrected chi connectivity index (χ3v) is 12.0. The van der Waals surface area contributed by atoms with Crippen LogP contribution in [0.15, 0.2) is 24.3 Å². The molecular weight excluding hydrogens is 439 g/mol. The van der Waals surface area contributed by atoms with Crippen molar-refractivity contribution < 1.29 is 9.53 Å². The molecular formula is C9H9Cl5O2Sb-. The van der Waals surface area contributed by atoms with Crippen molar-refractivity contribution in [1.29, 1.82) is 0 Å². The van der Waals surface area contributed by atoms with E-state index in [2.05, 4.69) is 0 Å². The van der Waals surface area contributed by atoms with E-state index in [1.807, 2.05) is 0 Å². The molecule has 17 heavy (non-hydrogen) atoms. The number of rotatable bonds is 3. The van der Waals surface area contributed by atoms with Gasteiger partial charge in [-0.25, -0.2) is 0 Å². The predicted molar refractivity (Wildman–Crippen MR) is 77.1 cm³/mol. The molecule has 0 atom stereocenters. The summed E-state index contributed by atoms with van der Waals surface area (Å²) in [6, 6.07) is 5.89. The molecule has 0 N–H and O–H groups in total. The molecule has 1 rings (SSSR count). The summed E-state index contributed by atoms with van der Waals surface area (Å²) in [6.07, 6.45) is 0. The first-order chi connectivity index (χ1) is 7.44. The maximum absolute atomic E-state index is 11.5. The fourth-order valence-electron chi connectivity index (χ4n) is 1.11. The molecule has 0 unspecified atom stereocenters. The molecule has 0 heterocycles. The van der Waals surface area contributed by atoms with Gasteiger partial charge in [0.1, 0.15) is 0 Å². The Morgan fingerprint density at radius 2 is 1.82 bits per heavy atom. The summed E-state index contributed by atoms with van der Waals surface area (Å²) in [5.41, 5.74) is 0.239. The number of carbonyl (C=O) groups excluding carboxylic acids is 1. The van der Waals surface area contributed by atoms with Crippen LogP contribution >= 0.6 is 44.1 Å². The molecule has 8 heteroatoms. The molecule has 0 radical (unpaired) electrons. The zero-order valence-electron chi connectivity index (χ0n) is 8.67. The van der Waals surface area contributed by atoms with Gasteiger partial charge >= 0.3 is 117 Å². The first kappa shape index (κ1) is 16.0. The zero-order valence-corrected chi connectivity index (χ0v) is 15.0. The van der Waals surface area contributed by atoms with Crippen LogP contribution in [-0.2, 0) is 4.74 Å². The summed E-state index contributed by atoms with van der Waals surface area (Å²) in [6.45, 7) is 1.95. The Bertz CT molecular complexity index is 453. The third kappa shape index (κ3) is 4.85. The zero-order chi connectivity index (χ0) is 13.4. The second kappa shape index (κ2) is 4.51. The van der Waals surface area contributed by atoms with Gasteiger partial charge in [0.15, 0.2) is 0 Å². The summed E-state index contributed by atoms with van der Waals surface area (Å²) in [5, 5.41) is 0. The summed E-state index contributed by atoms with van der Waals surface area (Å²) < 4.78 is 4.97. The molecule has 0 fully saturated rings. The van der Waals surface area contributed by atoms with E-state index in [4.69, 9.17) is 48.9 Å². The molecule has 0 aliphatic heterocycles. The van der Waals surface area contributed by atoms with Crippen LogP contribution in [0, 0.1) is 0 Å². The van der Waals surface area contributed by atoms with Crippen molar-refractivity contribution >= 4 is 63.9 Å². The molecule has 98 valence electrons. The Morgan fingerprint density at radius 3 is 2.29 bits per heavy atom. The number of ether oxygens (including phenoxy) is 1. The Morgan fingerprint density at radius 1 is 1.24 bits per heavy atom.